The van der Waals surface area contributed by atoms with Crippen LogP contribution in [-0.2, 0) is 9.59 Å². The fourth-order valence-electron chi connectivity index (χ4n) is 3.99. The van der Waals surface area contributed by atoms with Crippen molar-refractivity contribution in [3.05, 3.63) is 11.6 Å². The Morgan fingerprint density at radius 2 is 1.88 bits per heavy atom. The maximum absolute atomic E-state index is 11.8. The second-order valence-electron chi connectivity index (χ2n) is 5.92. The molecule has 2 nitrogen and oxygen atoms in total. The third kappa shape index (κ3) is 2.10. The molecular formula is C15H20O2. The molecule has 0 aromatic carbocycles. The van der Waals surface area contributed by atoms with Crippen LogP contribution < -0.4 is 0 Å². The summed E-state index contributed by atoms with van der Waals surface area (Å²) < 4.78 is 0. The molecule has 3 rings (SSSR count). The second kappa shape index (κ2) is 4.40. The summed E-state index contributed by atoms with van der Waals surface area (Å²) in [7, 11) is 0. The Kier molecular flexibility index (Phi) is 2.89. The predicted octanol–water partition coefficient (Wildman–Crippen LogP) is 3.06. The first kappa shape index (κ1) is 11.2. The number of allylic oxidation sites excluding steroid dienone is 2. The highest BCUT2D eigenvalue weighted by molar-refractivity contribution is 5.91. The van der Waals surface area contributed by atoms with Gasteiger partial charge in [-0.1, -0.05) is 5.57 Å². The van der Waals surface area contributed by atoms with E-state index in [1.165, 1.54) is 5.57 Å². The van der Waals surface area contributed by atoms with Gasteiger partial charge in [-0.2, -0.15) is 0 Å². The summed E-state index contributed by atoms with van der Waals surface area (Å²) in [6.45, 7) is 0. The molecule has 2 heteroatoms. The Bertz CT molecular complexity index is 380. The van der Waals surface area contributed by atoms with Gasteiger partial charge in [0.2, 0.25) is 0 Å². The lowest BCUT2D eigenvalue weighted by molar-refractivity contribution is -0.122. The molecule has 0 amide bonds. The number of Topliss-reactive ketones (excluding diaryl/α,β-unsaturated/α-hetero) is 1. The molecule has 0 heterocycles. The van der Waals surface area contributed by atoms with Crippen molar-refractivity contribution >= 4 is 11.6 Å². The van der Waals surface area contributed by atoms with Crippen molar-refractivity contribution < 1.29 is 9.59 Å². The van der Waals surface area contributed by atoms with Crippen LogP contribution in [0.3, 0.4) is 0 Å². The topological polar surface area (TPSA) is 34.1 Å². The minimum Gasteiger partial charge on any atom is -0.299 e. The third-order valence-electron chi connectivity index (χ3n) is 4.92. The maximum Gasteiger partial charge on any atom is 0.155 e. The van der Waals surface area contributed by atoms with E-state index in [0.29, 0.717) is 29.3 Å². The minimum absolute atomic E-state index is 0.312. The molecule has 0 aromatic heterocycles. The molecule has 2 saturated carbocycles. The normalized spacial score (nSPS) is 37.9. The smallest absolute Gasteiger partial charge is 0.155 e. The Morgan fingerprint density at radius 1 is 1.00 bits per heavy atom. The van der Waals surface area contributed by atoms with Crippen molar-refractivity contribution in [3.8, 4) is 0 Å². The van der Waals surface area contributed by atoms with E-state index < -0.39 is 0 Å². The molecule has 0 aliphatic heterocycles. The number of fused-ring (bicyclic) bond motifs is 1. The Morgan fingerprint density at radius 3 is 2.65 bits per heavy atom. The van der Waals surface area contributed by atoms with Crippen LogP contribution >= 0.6 is 0 Å². The van der Waals surface area contributed by atoms with Crippen molar-refractivity contribution in [2.24, 2.45) is 17.8 Å². The molecule has 17 heavy (non-hydrogen) atoms. The summed E-state index contributed by atoms with van der Waals surface area (Å²) in [5.74, 6) is 2.40. The van der Waals surface area contributed by atoms with Gasteiger partial charge < -0.3 is 0 Å². The zero-order valence-corrected chi connectivity index (χ0v) is 10.3. The summed E-state index contributed by atoms with van der Waals surface area (Å²) in [5, 5.41) is 0. The summed E-state index contributed by atoms with van der Waals surface area (Å²) in [5.41, 5.74) is 1.38. The lowest BCUT2D eigenvalue weighted by Crippen LogP contribution is -2.28. The van der Waals surface area contributed by atoms with Gasteiger partial charge >= 0.3 is 0 Å². The molecule has 0 radical (unpaired) electrons. The van der Waals surface area contributed by atoms with Gasteiger partial charge in [-0.25, -0.2) is 0 Å². The summed E-state index contributed by atoms with van der Waals surface area (Å²) in [4.78, 5) is 23.2. The van der Waals surface area contributed by atoms with E-state index in [2.05, 4.69) is 0 Å². The number of carbonyl (C=O) groups is 2. The Labute approximate surface area is 102 Å². The zero-order valence-electron chi connectivity index (χ0n) is 10.3. The molecule has 0 spiro atoms. The average molecular weight is 232 g/mol. The summed E-state index contributed by atoms with van der Waals surface area (Å²) in [6.07, 6.45) is 10.0. The Balaban J connectivity index is 1.70. The van der Waals surface area contributed by atoms with Gasteiger partial charge in [0, 0.05) is 18.8 Å². The van der Waals surface area contributed by atoms with Crippen LogP contribution in [0.4, 0.5) is 0 Å². The molecule has 3 aliphatic rings. The van der Waals surface area contributed by atoms with E-state index in [9.17, 15) is 9.59 Å². The van der Waals surface area contributed by atoms with Gasteiger partial charge in [0.25, 0.3) is 0 Å². The largest absolute Gasteiger partial charge is 0.299 e. The van der Waals surface area contributed by atoms with E-state index in [-0.39, 0.29) is 0 Å². The number of carbonyl (C=O) groups excluding carboxylic acids is 2. The van der Waals surface area contributed by atoms with E-state index in [4.69, 9.17) is 0 Å². The fourth-order valence-corrected chi connectivity index (χ4v) is 3.99. The molecule has 0 N–H and O–H groups in total. The lowest BCUT2D eigenvalue weighted by Gasteiger charge is -2.36. The zero-order chi connectivity index (χ0) is 11.8. The minimum atomic E-state index is 0.312. The van der Waals surface area contributed by atoms with Crippen LogP contribution in [0.15, 0.2) is 11.6 Å². The highest BCUT2D eigenvalue weighted by Gasteiger charge is 2.37. The van der Waals surface area contributed by atoms with Crippen LogP contribution in [0.2, 0.25) is 0 Å². The first-order chi connectivity index (χ1) is 8.24. The fraction of sp³-hybridized carbons (Fsp3) is 0.733. The highest BCUT2D eigenvalue weighted by Crippen LogP contribution is 2.44. The summed E-state index contributed by atoms with van der Waals surface area (Å²) >= 11 is 0. The molecule has 3 unspecified atom stereocenters. The third-order valence-corrected chi connectivity index (χ3v) is 4.92. The van der Waals surface area contributed by atoms with Crippen molar-refractivity contribution in [1.82, 2.24) is 0 Å². The van der Waals surface area contributed by atoms with Gasteiger partial charge in [0.05, 0.1) is 0 Å². The molecule has 2 fully saturated rings. The van der Waals surface area contributed by atoms with Crippen molar-refractivity contribution in [2.75, 3.05) is 0 Å². The van der Waals surface area contributed by atoms with Crippen molar-refractivity contribution in [1.29, 1.82) is 0 Å². The van der Waals surface area contributed by atoms with Crippen LogP contribution in [0.1, 0.15) is 51.4 Å². The molecule has 92 valence electrons. The maximum atomic E-state index is 11.8. The van der Waals surface area contributed by atoms with Crippen molar-refractivity contribution in [2.45, 2.75) is 51.4 Å². The molecule has 0 saturated heterocycles. The van der Waals surface area contributed by atoms with Crippen LogP contribution in [0, 0.1) is 17.8 Å². The monoisotopic (exact) mass is 232 g/mol. The van der Waals surface area contributed by atoms with Crippen molar-refractivity contribution in [3.63, 3.8) is 0 Å². The number of rotatable bonds is 1. The van der Waals surface area contributed by atoms with Crippen LogP contribution in [0.25, 0.3) is 0 Å². The summed E-state index contributed by atoms with van der Waals surface area (Å²) in [6, 6.07) is 0. The predicted molar refractivity (Wildman–Crippen MR) is 65.5 cm³/mol. The molecule has 3 atom stereocenters. The van der Waals surface area contributed by atoms with Gasteiger partial charge in [-0.15, -0.1) is 0 Å². The van der Waals surface area contributed by atoms with Crippen LogP contribution in [-0.4, -0.2) is 11.6 Å². The first-order valence-electron chi connectivity index (χ1n) is 7.00. The van der Waals surface area contributed by atoms with E-state index in [1.54, 1.807) is 0 Å². The quantitative estimate of drug-likeness (QED) is 0.696. The lowest BCUT2D eigenvalue weighted by atomic mass is 9.69. The van der Waals surface area contributed by atoms with Gasteiger partial charge in [-0.3, -0.25) is 9.59 Å². The highest BCUT2D eigenvalue weighted by atomic mass is 16.1. The molecule has 0 aromatic rings. The van der Waals surface area contributed by atoms with E-state index >= 15 is 0 Å². The molecule has 0 bridgehead atoms. The average Bonchev–Trinajstić information content (AvgIpc) is 2.75. The van der Waals surface area contributed by atoms with Crippen LogP contribution in [0.5, 0.6) is 0 Å². The second-order valence-corrected chi connectivity index (χ2v) is 5.92. The number of hydrogen-bond acceptors (Lipinski definition) is 2. The van der Waals surface area contributed by atoms with Gasteiger partial charge in [-0.05, 0) is 56.4 Å². The standard InChI is InChI=1S/C15H20O2/c16-13-7-6-10-8-12(5-4-11(10)9-13)14-2-1-3-15(14)17/h9-10,12,14H,1-8H2. The number of hydrogen-bond donors (Lipinski definition) is 0. The van der Waals surface area contributed by atoms with Gasteiger partial charge in [0.15, 0.2) is 5.78 Å². The van der Waals surface area contributed by atoms with E-state index in [0.717, 1.165) is 51.4 Å². The molecule has 3 aliphatic carbocycles. The van der Waals surface area contributed by atoms with Gasteiger partial charge in [0.1, 0.15) is 5.78 Å². The van der Waals surface area contributed by atoms with E-state index in [1.807, 2.05) is 6.08 Å². The number of ketones is 2. The molecular weight excluding hydrogens is 212 g/mol. The Hall–Kier alpha value is -0.920. The SMILES string of the molecule is O=C1C=C2CCC(C3CCCC3=O)CC2CC1. The first-order valence-corrected chi connectivity index (χ1v) is 7.00.